The zero-order valence-electron chi connectivity index (χ0n) is 16.3. The molecule has 2 aliphatic heterocycles. The maximum atomic E-state index is 12.0. The molecular weight excluding hydrogens is 331 g/mol. The van der Waals surface area contributed by atoms with Gasteiger partial charge in [0.05, 0.1) is 6.61 Å². The van der Waals surface area contributed by atoms with Crippen molar-refractivity contribution in [1.82, 2.24) is 0 Å². The SMILES string of the molecule is CCCC1(CCCCCc2ccccc2)COc2c1ccc1c2C[B]C1=O. The van der Waals surface area contributed by atoms with E-state index in [1.807, 2.05) is 6.07 Å². The molecule has 139 valence electrons. The number of aryl methyl sites for hydroxylation is 1. The fraction of sp³-hybridized carbons (Fsp3) is 0.458. The third-order valence-electron chi connectivity index (χ3n) is 6.27. The Balaban J connectivity index is 1.42. The van der Waals surface area contributed by atoms with E-state index in [0.29, 0.717) is 0 Å². The summed E-state index contributed by atoms with van der Waals surface area (Å²) in [4.78, 5) is 12.0. The second-order valence-corrected chi connectivity index (χ2v) is 8.11. The molecule has 3 heteroatoms. The first-order valence-corrected chi connectivity index (χ1v) is 10.4. The van der Waals surface area contributed by atoms with Crippen molar-refractivity contribution >= 4 is 13.0 Å². The van der Waals surface area contributed by atoms with Crippen molar-refractivity contribution in [2.45, 2.75) is 63.6 Å². The van der Waals surface area contributed by atoms with Gasteiger partial charge in [0.2, 0.25) is 7.28 Å². The molecule has 0 spiro atoms. The highest BCUT2D eigenvalue weighted by Crippen LogP contribution is 2.48. The van der Waals surface area contributed by atoms with Gasteiger partial charge in [-0.3, -0.25) is 0 Å². The highest BCUT2D eigenvalue weighted by Gasteiger charge is 2.42. The van der Waals surface area contributed by atoms with E-state index >= 15 is 0 Å². The van der Waals surface area contributed by atoms with E-state index in [1.165, 1.54) is 43.2 Å². The largest absolute Gasteiger partial charge is 0.492 e. The molecule has 1 radical (unpaired) electrons. The number of fused-ring (bicyclic) bond motifs is 3. The molecular formula is C24H28BO2. The summed E-state index contributed by atoms with van der Waals surface area (Å²) in [5.41, 5.74) is 5.06. The van der Waals surface area contributed by atoms with Crippen LogP contribution in [-0.2, 0) is 18.2 Å². The van der Waals surface area contributed by atoms with Gasteiger partial charge < -0.3 is 9.53 Å². The molecule has 0 aromatic heterocycles. The summed E-state index contributed by atoms with van der Waals surface area (Å²) in [6, 6.07) is 15.0. The van der Waals surface area contributed by atoms with E-state index in [0.717, 1.165) is 42.6 Å². The molecule has 0 aliphatic carbocycles. The second-order valence-electron chi connectivity index (χ2n) is 8.11. The highest BCUT2D eigenvalue weighted by molar-refractivity contribution is 6.79. The highest BCUT2D eigenvalue weighted by atomic mass is 16.5. The molecule has 0 N–H and O–H groups in total. The lowest BCUT2D eigenvalue weighted by molar-refractivity contribution is 0.107. The quantitative estimate of drug-likeness (QED) is 0.474. The number of hydrogen-bond acceptors (Lipinski definition) is 2. The van der Waals surface area contributed by atoms with Crippen LogP contribution in [0, 0.1) is 0 Å². The van der Waals surface area contributed by atoms with Crippen molar-refractivity contribution in [3.05, 3.63) is 64.7 Å². The average molecular weight is 359 g/mol. The van der Waals surface area contributed by atoms with E-state index in [4.69, 9.17) is 4.74 Å². The topological polar surface area (TPSA) is 26.3 Å². The Morgan fingerprint density at radius 1 is 1.04 bits per heavy atom. The molecule has 0 fully saturated rings. The number of ether oxygens (including phenoxy) is 1. The molecule has 2 aromatic carbocycles. The summed E-state index contributed by atoms with van der Waals surface area (Å²) in [6.45, 7) is 3.04. The first kappa shape index (κ1) is 18.3. The van der Waals surface area contributed by atoms with E-state index in [9.17, 15) is 4.79 Å². The van der Waals surface area contributed by atoms with Crippen LogP contribution in [0.1, 0.15) is 72.5 Å². The number of unbranched alkanes of at least 4 members (excludes halogenated alkanes) is 2. The van der Waals surface area contributed by atoms with E-state index < -0.39 is 0 Å². The van der Waals surface area contributed by atoms with E-state index in [2.05, 4.69) is 43.3 Å². The van der Waals surface area contributed by atoms with Crippen LogP contribution in [0.4, 0.5) is 0 Å². The van der Waals surface area contributed by atoms with Crippen LogP contribution in [0.15, 0.2) is 42.5 Å². The smallest absolute Gasteiger partial charge is 0.214 e. The van der Waals surface area contributed by atoms with Gasteiger partial charge in [0, 0.05) is 16.5 Å². The van der Waals surface area contributed by atoms with Crippen molar-refractivity contribution in [3.8, 4) is 5.75 Å². The molecule has 2 nitrogen and oxygen atoms in total. The maximum absolute atomic E-state index is 12.0. The summed E-state index contributed by atoms with van der Waals surface area (Å²) < 4.78 is 6.21. The molecule has 0 bridgehead atoms. The van der Waals surface area contributed by atoms with Gasteiger partial charge in [0.15, 0.2) is 0 Å². The monoisotopic (exact) mass is 359 g/mol. The Morgan fingerprint density at radius 2 is 1.89 bits per heavy atom. The lowest BCUT2D eigenvalue weighted by Crippen LogP contribution is -2.28. The van der Waals surface area contributed by atoms with Crippen molar-refractivity contribution in [1.29, 1.82) is 0 Å². The summed E-state index contributed by atoms with van der Waals surface area (Å²) in [5, 5.41) is 0. The van der Waals surface area contributed by atoms with Crippen LogP contribution in [0.25, 0.3) is 0 Å². The first-order chi connectivity index (χ1) is 13.2. The van der Waals surface area contributed by atoms with Gasteiger partial charge in [-0.15, -0.1) is 0 Å². The van der Waals surface area contributed by atoms with Crippen LogP contribution in [0.3, 0.4) is 0 Å². The lowest BCUT2D eigenvalue weighted by Gasteiger charge is -2.28. The summed E-state index contributed by atoms with van der Waals surface area (Å²) in [6.07, 6.45) is 9.14. The van der Waals surface area contributed by atoms with E-state index in [1.54, 1.807) is 7.28 Å². The van der Waals surface area contributed by atoms with Crippen molar-refractivity contribution in [2.75, 3.05) is 6.61 Å². The maximum Gasteiger partial charge on any atom is 0.214 e. The van der Waals surface area contributed by atoms with Crippen LogP contribution in [0.5, 0.6) is 5.75 Å². The molecule has 2 aromatic rings. The van der Waals surface area contributed by atoms with Crippen LogP contribution < -0.4 is 4.74 Å². The number of carbonyl (C=O) groups is 1. The van der Waals surface area contributed by atoms with Crippen LogP contribution >= 0.6 is 0 Å². The molecule has 2 heterocycles. The predicted octanol–water partition coefficient (Wildman–Crippen LogP) is 5.28. The van der Waals surface area contributed by atoms with Gasteiger partial charge >= 0.3 is 0 Å². The third kappa shape index (κ3) is 3.57. The average Bonchev–Trinajstić information content (AvgIpc) is 3.24. The molecule has 0 amide bonds. The van der Waals surface area contributed by atoms with Gasteiger partial charge in [-0.1, -0.05) is 68.7 Å². The normalized spacial score (nSPS) is 20.1. The summed E-state index contributed by atoms with van der Waals surface area (Å²) in [7, 11) is 1.79. The summed E-state index contributed by atoms with van der Waals surface area (Å²) in [5.74, 6) is 1.02. The summed E-state index contributed by atoms with van der Waals surface area (Å²) >= 11 is 0. The minimum Gasteiger partial charge on any atom is -0.492 e. The first-order valence-electron chi connectivity index (χ1n) is 10.4. The third-order valence-corrected chi connectivity index (χ3v) is 6.27. The van der Waals surface area contributed by atoms with Crippen LogP contribution in [0.2, 0.25) is 0 Å². The minimum atomic E-state index is 0.136. The lowest BCUT2D eigenvalue weighted by atomic mass is 9.73. The van der Waals surface area contributed by atoms with Gasteiger partial charge in [-0.05, 0) is 43.1 Å². The molecule has 4 rings (SSSR count). The molecule has 27 heavy (non-hydrogen) atoms. The number of carbonyl (C=O) groups excluding carboxylic acids is 1. The standard InChI is InChI=1S/C24H28BO2/c1-2-14-24(15-8-4-7-11-18-9-5-3-6-10-18)17-27-22-20-16-25-23(26)19(20)12-13-21(22)24/h3,5-6,9-10,12-13H,2,4,7-8,11,14-17H2,1H3. The van der Waals surface area contributed by atoms with E-state index in [-0.39, 0.29) is 11.1 Å². The van der Waals surface area contributed by atoms with Gasteiger partial charge in [0.25, 0.3) is 0 Å². The Labute approximate surface area is 163 Å². The Hall–Kier alpha value is -2.03. The molecule has 0 saturated carbocycles. The second kappa shape index (κ2) is 7.92. The fourth-order valence-electron chi connectivity index (χ4n) is 4.87. The van der Waals surface area contributed by atoms with Gasteiger partial charge in [-0.25, -0.2) is 0 Å². The molecule has 0 saturated heterocycles. The van der Waals surface area contributed by atoms with Crippen molar-refractivity contribution < 1.29 is 9.53 Å². The minimum absolute atomic E-state index is 0.136. The van der Waals surface area contributed by atoms with Crippen LogP contribution in [-0.4, -0.2) is 19.6 Å². The van der Waals surface area contributed by atoms with Crippen molar-refractivity contribution in [3.63, 3.8) is 0 Å². The zero-order valence-corrected chi connectivity index (χ0v) is 16.3. The Bertz CT molecular complexity index is 815. The van der Waals surface area contributed by atoms with Crippen molar-refractivity contribution in [2.24, 2.45) is 0 Å². The predicted molar refractivity (Wildman–Crippen MR) is 111 cm³/mol. The molecule has 1 unspecified atom stereocenters. The van der Waals surface area contributed by atoms with Gasteiger partial charge in [0.1, 0.15) is 11.4 Å². The Morgan fingerprint density at radius 3 is 2.70 bits per heavy atom. The molecule has 2 aliphatic rings. The fourth-order valence-corrected chi connectivity index (χ4v) is 4.87. The van der Waals surface area contributed by atoms with Gasteiger partial charge in [-0.2, -0.15) is 0 Å². The number of rotatable bonds is 8. The molecule has 1 atom stereocenters. The zero-order chi connectivity index (χ0) is 18.7. The number of benzene rings is 2. The number of hydrogen-bond donors (Lipinski definition) is 0. The Kier molecular flexibility index (Phi) is 5.38.